The Balaban J connectivity index is 2.42. The fourth-order valence-electron chi connectivity index (χ4n) is 1.68. The van der Waals surface area contributed by atoms with Gasteiger partial charge in [-0.3, -0.25) is 4.90 Å². The van der Waals surface area contributed by atoms with Gasteiger partial charge in [-0.2, -0.15) is 13.2 Å². The predicted molar refractivity (Wildman–Crippen MR) is 54.9 cm³/mol. The molecule has 102 valence electrons. The van der Waals surface area contributed by atoms with Gasteiger partial charge in [0.15, 0.2) is 5.60 Å². The zero-order valence-corrected chi connectivity index (χ0v) is 10.1. The molecule has 0 aliphatic carbocycles. The van der Waals surface area contributed by atoms with Crippen molar-refractivity contribution in [2.45, 2.75) is 18.2 Å². The van der Waals surface area contributed by atoms with Crippen molar-refractivity contribution in [3.05, 3.63) is 0 Å². The third kappa shape index (κ3) is 4.09. The van der Waals surface area contributed by atoms with Crippen LogP contribution in [0.2, 0.25) is 0 Å². The van der Waals surface area contributed by atoms with E-state index in [-0.39, 0.29) is 26.1 Å². The van der Waals surface area contributed by atoms with Crippen molar-refractivity contribution >= 4 is 10.0 Å². The smallest absolute Gasteiger partial charge is 0.379 e. The van der Waals surface area contributed by atoms with Crippen LogP contribution in [-0.2, 0) is 10.0 Å². The Bertz CT molecular complexity index is 371. The highest BCUT2D eigenvalue weighted by atomic mass is 32.2. The first-order chi connectivity index (χ1) is 7.54. The van der Waals surface area contributed by atoms with Crippen molar-refractivity contribution < 1.29 is 26.7 Å². The molecule has 1 aliphatic rings. The maximum Gasteiger partial charge on any atom is 0.418 e. The van der Waals surface area contributed by atoms with Gasteiger partial charge in [-0.1, -0.05) is 0 Å². The minimum atomic E-state index is -4.65. The first-order valence-corrected chi connectivity index (χ1v) is 6.89. The molecule has 0 aromatic carbocycles. The molecule has 9 heteroatoms. The molecule has 1 unspecified atom stereocenters. The maximum absolute atomic E-state index is 12.4. The van der Waals surface area contributed by atoms with Crippen LogP contribution in [0.15, 0.2) is 0 Å². The highest BCUT2D eigenvalue weighted by molar-refractivity contribution is 7.88. The topological polar surface area (TPSA) is 69.6 Å². The Morgan fingerprint density at radius 3 is 2.47 bits per heavy atom. The molecule has 1 aliphatic heterocycles. The van der Waals surface area contributed by atoms with Gasteiger partial charge in [0.1, 0.15) is 0 Å². The summed E-state index contributed by atoms with van der Waals surface area (Å²) in [5.41, 5.74) is -2.67. The average molecular weight is 276 g/mol. The molecule has 0 bridgehead atoms. The lowest BCUT2D eigenvalue weighted by molar-refractivity contribution is -0.253. The Morgan fingerprint density at radius 1 is 1.47 bits per heavy atom. The summed E-state index contributed by atoms with van der Waals surface area (Å²) in [5, 5.41) is 9.35. The Kier molecular flexibility index (Phi) is 4.07. The van der Waals surface area contributed by atoms with Gasteiger partial charge in [-0.15, -0.1) is 0 Å². The van der Waals surface area contributed by atoms with Crippen molar-refractivity contribution in [3.8, 4) is 0 Å². The summed E-state index contributed by atoms with van der Waals surface area (Å²) in [6.45, 7) is -0.234. The predicted octanol–water partition coefficient (Wildman–Crippen LogP) is -0.465. The Morgan fingerprint density at radius 2 is 2.06 bits per heavy atom. The second-order valence-corrected chi connectivity index (χ2v) is 6.06. The second-order valence-electron chi connectivity index (χ2n) is 4.22. The molecule has 1 atom stereocenters. The normalized spacial score (nSPS) is 27.6. The number of nitrogens with zero attached hydrogens (tertiary/aromatic N) is 1. The number of hydrogen-bond acceptors (Lipinski definition) is 4. The lowest BCUT2D eigenvalue weighted by Crippen LogP contribution is -2.47. The van der Waals surface area contributed by atoms with Crippen LogP contribution in [0.5, 0.6) is 0 Å². The quantitative estimate of drug-likeness (QED) is 0.728. The van der Waals surface area contributed by atoms with Crippen molar-refractivity contribution in [1.82, 2.24) is 9.62 Å². The summed E-state index contributed by atoms with van der Waals surface area (Å²) in [5.74, 6) is 0. The van der Waals surface area contributed by atoms with Crippen LogP contribution in [0.3, 0.4) is 0 Å². The first kappa shape index (κ1) is 14.7. The largest absolute Gasteiger partial charge is 0.418 e. The van der Waals surface area contributed by atoms with Gasteiger partial charge < -0.3 is 5.11 Å². The van der Waals surface area contributed by atoms with E-state index < -0.39 is 28.3 Å². The molecular formula is C8H15F3N2O3S. The summed E-state index contributed by atoms with van der Waals surface area (Å²) in [6.07, 6.45) is -4.05. The minimum absolute atomic E-state index is 0.0345. The molecular weight excluding hydrogens is 261 g/mol. The number of halogens is 3. The minimum Gasteiger partial charge on any atom is -0.379 e. The lowest BCUT2D eigenvalue weighted by Gasteiger charge is -2.26. The number of sulfonamides is 1. The van der Waals surface area contributed by atoms with Crippen molar-refractivity contribution in [1.29, 1.82) is 0 Å². The highest BCUT2D eigenvalue weighted by Crippen LogP contribution is 2.37. The molecule has 1 fully saturated rings. The molecule has 0 aromatic heterocycles. The standard InChI is InChI=1S/C8H15F3N2O3S/c1-17(15,16)12-3-5-13-4-2-7(14,6-13)8(9,10)11/h12,14H,2-6H2,1H3. The van der Waals surface area contributed by atoms with E-state index in [1.54, 1.807) is 0 Å². The van der Waals surface area contributed by atoms with E-state index in [1.807, 2.05) is 0 Å². The van der Waals surface area contributed by atoms with Crippen LogP contribution in [0.4, 0.5) is 13.2 Å². The fraction of sp³-hybridized carbons (Fsp3) is 1.00. The zero-order valence-electron chi connectivity index (χ0n) is 9.29. The molecule has 0 spiro atoms. The van der Waals surface area contributed by atoms with Crippen molar-refractivity contribution in [3.63, 3.8) is 0 Å². The summed E-state index contributed by atoms with van der Waals surface area (Å²) in [7, 11) is -3.33. The van der Waals surface area contributed by atoms with E-state index in [0.29, 0.717) is 0 Å². The second kappa shape index (κ2) is 4.71. The van der Waals surface area contributed by atoms with E-state index in [0.717, 1.165) is 6.26 Å². The highest BCUT2D eigenvalue weighted by Gasteiger charge is 2.56. The molecule has 17 heavy (non-hydrogen) atoms. The molecule has 2 N–H and O–H groups in total. The monoisotopic (exact) mass is 276 g/mol. The number of rotatable bonds is 4. The summed E-state index contributed by atoms with van der Waals surface area (Å²) < 4.78 is 61.0. The number of β-amino-alcohol motifs (C(OH)–C–C–N with tert-alkyl or cyclic N) is 1. The number of hydrogen-bond donors (Lipinski definition) is 2. The first-order valence-electron chi connectivity index (χ1n) is 5.00. The van der Waals surface area contributed by atoms with E-state index in [4.69, 9.17) is 0 Å². The van der Waals surface area contributed by atoms with Crippen LogP contribution >= 0.6 is 0 Å². The third-order valence-corrected chi connectivity index (χ3v) is 3.38. The van der Waals surface area contributed by atoms with Crippen LogP contribution in [0, 0.1) is 0 Å². The molecule has 0 radical (unpaired) electrons. The van der Waals surface area contributed by atoms with Crippen molar-refractivity contribution in [2.75, 3.05) is 32.4 Å². The van der Waals surface area contributed by atoms with E-state index in [1.165, 1.54) is 4.90 Å². The van der Waals surface area contributed by atoms with Gasteiger partial charge in [0.25, 0.3) is 0 Å². The number of alkyl halides is 3. The van der Waals surface area contributed by atoms with Crippen LogP contribution in [-0.4, -0.2) is 62.6 Å². The third-order valence-electron chi connectivity index (χ3n) is 2.65. The summed E-state index contributed by atoms with van der Waals surface area (Å²) in [6, 6.07) is 0. The van der Waals surface area contributed by atoms with Gasteiger partial charge in [-0.25, -0.2) is 13.1 Å². The van der Waals surface area contributed by atoms with E-state index in [9.17, 15) is 26.7 Å². The van der Waals surface area contributed by atoms with Gasteiger partial charge in [0.2, 0.25) is 10.0 Å². The summed E-state index contributed by atoms with van der Waals surface area (Å²) >= 11 is 0. The molecule has 5 nitrogen and oxygen atoms in total. The van der Waals surface area contributed by atoms with Gasteiger partial charge in [-0.05, 0) is 6.42 Å². The Hall–Kier alpha value is -0.380. The fourth-order valence-corrected chi connectivity index (χ4v) is 2.14. The zero-order chi connectivity index (χ0) is 13.3. The maximum atomic E-state index is 12.4. The SMILES string of the molecule is CS(=O)(=O)NCCN1CCC(O)(C(F)(F)F)C1. The summed E-state index contributed by atoms with van der Waals surface area (Å²) in [4.78, 5) is 1.38. The van der Waals surface area contributed by atoms with E-state index >= 15 is 0 Å². The number of aliphatic hydroxyl groups is 1. The van der Waals surface area contributed by atoms with Crippen LogP contribution in [0.1, 0.15) is 6.42 Å². The van der Waals surface area contributed by atoms with E-state index in [2.05, 4.69) is 4.72 Å². The molecule has 1 heterocycles. The van der Waals surface area contributed by atoms with Crippen LogP contribution in [0.25, 0.3) is 0 Å². The lowest BCUT2D eigenvalue weighted by atomic mass is 10.0. The molecule has 0 aromatic rings. The number of likely N-dealkylation sites (tertiary alicyclic amines) is 1. The molecule has 0 amide bonds. The van der Waals surface area contributed by atoms with Gasteiger partial charge in [0, 0.05) is 26.2 Å². The Labute approximate surface area is 97.6 Å². The molecule has 1 saturated heterocycles. The molecule has 1 rings (SSSR count). The number of nitrogens with one attached hydrogen (secondary N) is 1. The van der Waals surface area contributed by atoms with Crippen LogP contribution < -0.4 is 4.72 Å². The van der Waals surface area contributed by atoms with Gasteiger partial charge >= 0.3 is 6.18 Å². The average Bonchev–Trinajstić information content (AvgIpc) is 2.45. The van der Waals surface area contributed by atoms with Gasteiger partial charge in [0.05, 0.1) is 6.26 Å². The molecule has 0 saturated carbocycles. The van der Waals surface area contributed by atoms with Crippen molar-refractivity contribution in [2.24, 2.45) is 0 Å².